The summed E-state index contributed by atoms with van der Waals surface area (Å²) >= 11 is 5.86. The Morgan fingerprint density at radius 3 is 2.73 bits per heavy atom. The number of carbonyl (C=O) groups excluding carboxylic acids is 2. The van der Waals surface area contributed by atoms with Gasteiger partial charge in [0.1, 0.15) is 6.42 Å². The Morgan fingerprint density at radius 1 is 1.23 bits per heavy atom. The molecule has 0 radical (unpaired) electrons. The summed E-state index contributed by atoms with van der Waals surface area (Å²) in [5.74, 6) is -0.706. The van der Waals surface area contributed by atoms with E-state index in [2.05, 4.69) is 15.6 Å². The molecule has 2 rings (SSSR count). The maximum Gasteiger partial charge on any atom is 0.233 e. The third-order valence-electron chi connectivity index (χ3n) is 3.00. The molecule has 2 N–H and O–H groups in total. The van der Waals surface area contributed by atoms with Crippen molar-refractivity contribution in [1.82, 2.24) is 10.3 Å². The van der Waals surface area contributed by atoms with E-state index in [1.54, 1.807) is 36.7 Å². The van der Waals surface area contributed by atoms with Crippen LogP contribution in [-0.4, -0.2) is 16.8 Å². The van der Waals surface area contributed by atoms with Crippen molar-refractivity contribution in [1.29, 1.82) is 0 Å². The van der Waals surface area contributed by atoms with Gasteiger partial charge < -0.3 is 10.6 Å². The van der Waals surface area contributed by atoms with Gasteiger partial charge in [0.25, 0.3) is 0 Å². The number of anilines is 1. The molecule has 22 heavy (non-hydrogen) atoms. The van der Waals surface area contributed by atoms with Crippen LogP contribution in [0, 0.1) is 6.92 Å². The van der Waals surface area contributed by atoms with E-state index in [4.69, 9.17) is 11.6 Å². The van der Waals surface area contributed by atoms with Crippen molar-refractivity contribution in [2.24, 2.45) is 0 Å². The lowest BCUT2D eigenvalue weighted by molar-refractivity contribution is -0.126. The predicted octanol–water partition coefficient (Wildman–Crippen LogP) is 2.69. The number of nitrogens with zero attached hydrogens (tertiary/aromatic N) is 1. The van der Waals surface area contributed by atoms with Crippen LogP contribution in [0.3, 0.4) is 0 Å². The Morgan fingerprint density at radius 2 is 2.05 bits per heavy atom. The van der Waals surface area contributed by atoms with E-state index >= 15 is 0 Å². The van der Waals surface area contributed by atoms with E-state index in [0.29, 0.717) is 17.3 Å². The van der Waals surface area contributed by atoms with Crippen LogP contribution in [0.2, 0.25) is 5.02 Å². The van der Waals surface area contributed by atoms with Gasteiger partial charge >= 0.3 is 0 Å². The molecular weight excluding hydrogens is 302 g/mol. The van der Waals surface area contributed by atoms with E-state index in [-0.39, 0.29) is 18.2 Å². The molecule has 1 aromatic heterocycles. The van der Waals surface area contributed by atoms with Crippen LogP contribution in [0.5, 0.6) is 0 Å². The smallest absolute Gasteiger partial charge is 0.233 e. The van der Waals surface area contributed by atoms with Gasteiger partial charge in [-0.15, -0.1) is 0 Å². The highest BCUT2D eigenvalue weighted by Gasteiger charge is 2.10. The highest BCUT2D eigenvalue weighted by Crippen LogP contribution is 2.19. The fourth-order valence-corrected chi connectivity index (χ4v) is 2.10. The first-order valence-electron chi connectivity index (χ1n) is 6.76. The Balaban J connectivity index is 1.82. The molecule has 0 aliphatic rings. The minimum Gasteiger partial charge on any atom is -0.352 e. The van der Waals surface area contributed by atoms with Crippen LogP contribution in [0.4, 0.5) is 5.69 Å². The second kappa shape index (κ2) is 7.56. The van der Waals surface area contributed by atoms with Gasteiger partial charge in [-0.05, 0) is 42.3 Å². The van der Waals surface area contributed by atoms with Gasteiger partial charge in [0.05, 0.1) is 0 Å². The van der Waals surface area contributed by atoms with E-state index in [1.165, 1.54) is 0 Å². The molecule has 0 fully saturated rings. The molecule has 114 valence electrons. The molecule has 5 nitrogen and oxygen atoms in total. The summed E-state index contributed by atoms with van der Waals surface area (Å²) in [7, 11) is 0. The van der Waals surface area contributed by atoms with Gasteiger partial charge in [-0.2, -0.15) is 0 Å². The lowest BCUT2D eigenvalue weighted by Gasteiger charge is -2.09. The summed E-state index contributed by atoms with van der Waals surface area (Å²) in [6.45, 7) is 2.18. The van der Waals surface area contributed by atoms with Gasteiger partial charge in [-0.1, -0.05) is 17.7 Å². The Kier molecular flexibility index (Phi) is 5.49. The summed E-state index contributed by atoms with van der Waals surface area (Å²) in [5.41, 5.74) is 2.37. The molecule has 1 aromatic carbocycles. The zero-order valence-corrected chi connectivity index (χ0v) is 12.9. The molecule has 0 atom stereocenters. The first-order chi connectivity index (χ1) is 10.5. The largest absolute Gasteiger partial charge is 0.352 e. The zero-order valence-electron chi connectivity index (χ0n) is 12.1. The quantitative estimate of drug-likeness (QED) is 0.833. The summed E-state index contributed by atoms with van der Waals surface area (Å²) < 4.78 is 0. The van der Waals surface area contributed by atoms with Gasteiger partial charge in [-0.3, -0.25) is 14.6 Å². The first kappa shape index (κ1) is 16.0. The predicted molar refractivity (Wildman–Crippen MR) is 85.5 cm³/mol. The number of pyridine rings is 1. The van der Waals surface area contributed by atoms with Crippen molar-refractivity contribution in [2.75, 3.05) is 5.32 Å². The van der Waals surface area contributed by atoms with Crippen LogP contribution < -0.4 is 10.6 Å². The lowest BCUT2D eigenvalue weighted by atomic mass is 10.2. The van der Waals surface area contributed by atoms with Crippen molar-refractivity contribution >= 4 is 29.1 Å². The fraction of sp³-hybridized carbons (Fsp3) is 0.188. The highest BCUT2D eigenvalue weighted by molar-refractivity contribution is 6.30. The normalized spacial score (nSPS) is 10.1. The van der Waals surface area contributed by atoms with Crippen molar-refractivity contribution in [3.05, 3.63) is 58.9 Å². The molecule has 0 aliphatic carbocycles. The summed E-state index contributed by atoms with van der Waals surface area (Å²) in [4.78, 5) is 27.6. The number of hydrogen-bond donors (Lipinski definition) is 2. The second-order valence-electron chi connectivity index (χ2n) is 4.82. The summed E-state index contributed by atoms with van der Waals surface area (Å²) in [6, 6.07) is 8.79. The molecule has 0 aliphatic heterocycles. The zero-order chi connectivity index (χ0) is 15.9. The molecule has 1 heterocycles. The summed E-state index contributed by atoms with van der Waals surface area (Å²) in [6.07, 6.45) is 3.09. The molecular formula is C16H16ClN3O2. The number of hydrogen-bond acceptors (Lipinski definition) is 3. The number of rotatable bonds is 5. The second-order valence-corrected chi connectivity index (χ2v) is 5.26. The first-order valence-corrected chi connectivity index (χ1v) is 7.14. The third kappa shape index (κ3) is 4.86. The molecule has 2 aromatic rings. The van der Waals surface area contributed by atoms with Crippen LogP contribution in [0.15, 0.2) is 42.7 Å². The van der Waals surface area contributed by atoms with E-state index in [1.807, 2.05) is 13.0 Å². The Labute approximate surface area is 133 Å². The number of nitrogens with one attached hydrogen (secondary N) is 2. The van der Waals surface area contributed by atoms with Crippen molar-refractivity contribution in [2.45, 2.75) is 19.9 Å². The maximum atomic E-state index is 11.9. The average molecular weight is 318 g/mol. The number of amides is 2. The van der Waals surface area contributed by atoms with E-state index in [0.717, 1.165) is 11.1 Å². The number of aryl methyl sites for hydroxylation is 1. The number of carbonyl (C=O) groups is 2. The minimum atomic E-state index is -0.367. The highest BCUT2D eigenvalue weighted by atomic mass is 35.5. The van der Waals surface area contributed by atoms with Crippen LogP contribution in [0.1, 0.15) is 17.5 Å². The van der Waals surface area contributed by atoms with Crippen LogP contribution in [-0.2, 0) is 16.1 Å². The van der Waals surface area contributed by atoms with E-state index < -0.39 is 0 Å². The van der Waals surface area contributed by atoms with Gasteiger partial charge in [-0.25, -0.2) is 0 Å². The van der Waals surface area contributed by atoms with E-state index in [9.17, 15) is 9.59 Å². The molecule has 0 unspecified atom stereocenters. The van der Waals surface area contributed by atoms with Gasteiger partial charge in [0.15, 0.2) is 0 Å². The molecule has 2 amide bonds. The lowest BCUT2D eigenvalue weighted by Crippen LogP contribution is -2.27. The number of aromatic nitrogens is 1. The van der Waals surface area contributed by atoms with Crippen molar-refractivity contribution in [3.63, 3.8) is 0 Å². The Hall–Kier alpha value is -2.40. The third-order valence-corrected chi connectivity index (χ3v) is 3.23. The van der Waals surface area contributed by atoms with Crippen molar-refractivity contribution in [3.8, 4) is 0 Å². The molecule has 0 saturated carbocycles. The molecule has 0 bridgehead atoms. The van der Waals surface area contributed by atoms with Gasteiger partial charge in [0, 0.05) is 29.6 Å². The molecule has 0 saturated heterocycles. The average Bonchev–Trinajstić information content (AvgIpc) is 2.49. The van der Waals surface area contributed by atoms with Crippen molar-refractivity contribution < 1.29 is 9.59 Å². The number of halogens is 1. The Bertz CT molecular complexity index is 674. The fourth-order valence-electron chi connectivity index (χ4n) is 1.87. The summed E-state index contributed by atoms with van der Waals surface area (Å²) in [5, 5.41) is 5.98. The van der Waals surface area contributed by atoms with Gasteiger partial charge in [0.2, 0.25) is 11.8 Å². The van der Waals surface area contributed by atoms with Crippen LogP contribution >= 0.6 is 11.6 Å². The monoisotopic (exact) mass is 317 g/mol. The standard InChI is InChI=1S/C16H16ClN3O2/c1-11-7-13(17)4-5-14(11)20-16(22)8-15(21)19-10-12-3-2-6-18-9-12/h2-7,9H,8,10H2,1H3,(H,19,21)(H,20,22). The minimum absolute atomic E-state index is 0.234. The van der Waals surface area contributed by atoms with Crippen LogP contribution in [0.25, 0.3) is 0 Å². The molecule has 0 spiro atoms. The SMILES string of the molecule is Cc1cc(Cl)ccc1NC(=O)CC(=O)NCc1cccnc1. The topological polar surface area (TPSA) is 71.1 Å². The number of benzene rings is 1. The molecule has 6 heteroatoms. The maximum absolute atomic E-state index is 11.9.